The van der Waals surface area contributed by atoms with Gasteiger partial charge in [0.15, 0.2) is 6.10 Å². The van der Waals surface area contributed by atoms with E-state index in [0.717, 1.165) is 22.6 Å². The molecule has 0 aromatic heterocycles. The third-order valence-electron chi connectivity index (χ3n) is 3.99. The third-order valence-corrected chi connectivity index (χ3v) is 3.99. The smallest absolute Gasteiger partial charge is 0.261 e. The highest BCUT2D eigenvalue weighted by molar-refractivity contribution is 5.81. The number of amides is 1. The summed E-state index contributed by atoms with van der Waals surface area (Å²) in [6, 6.07) is 15.2. The summed E-state index contributed by atoms with van der Waals surface area (Å²) in [6.45, 7) is 5.85. The van der Waals surface area contributed by atoms with Crippen LogP contribution in [0.25, 0.3) is 0 Å². The normalized spacial score (nSPS) is 13.0. The van der Waals surface area contributed by atoms with Crippen LogP contribution in [0.2, 0.25) is 0 Å². The van der Waals surface area contributed by atoms with Crippen molar-refractivity contribution >= 4 is 5.91 Å². The monoisotopic (exact) mass is 327 g/mol. The number of ether oxygens (including phenoxy) is 2. The van der Waals surface area contributed by atoms with Gasteiger partial charge >= 0.3 is 0 Å². The summed E-state index contributed by atoms with van der Waals surface area (Å²) in [5, 5.41) is 3.02. The van der Waals surface area contributed by atoms with Gasteiger partial charge in [0.25, 0.3) is 5.91 Å². The molecule has 2 aromatic carbocycles. The van der Waals surface area contributed by atoms with Gasteiger partial charge < -0.3 is 14.8 Å². The summed E-state index contributed by atoms with van der Waals surface area (Å²) >= 11 is 0. The standard InChI is InChI=1S/C20H25NO3/c1-5-17(24-18-12-8-6-10-14(18)2)20(22)21-15(3)16-11-7-9-13-19(16)23-4/h6-13,15,17H,5H2,1-4H3,(H,21,22)/t15-,17+/m0/s1. The molecule has 1 amide bonds. The molecule has 0 saturated carbocycles. The first kappa shape index (κ1) is 17.9. The van der Waals surface area contributed by atoms with Crippen molar-refractivity contribution in [2.24, 2.45) is 0 Å². The molecule has 0 fully saturated rings. The fraction of sp³-hybridized carbons (Fsp3) is 0.350. The number of rotatable bonds is 7. The van der Waals surface area contributed by atoms with E-state index >= 15 is 0 Å². The lowest BCUT2D eigenvalue weighted by molar-refractivity contribution is -0.128. The quantitative estimate of drug-likeness (QED) is 0.835. The summed E-state index contributed by atoms with van der Waals surface area (Å²) in [5.74, 6) is 1.38. The average Bonchev–Trinajstić information content (AvgIpc) is 2.60. The molecule has 0 aliphatic carbocycles. The maximum atomic E-state index is 12.6. The topological polar surface area (TPSA) is 47.6 Å². The zero-order valence-electron chi connectivity index (χ0n) is 14.7. The maximum absolute atomic E-state index is 12.6. The molecule has 0 aliphatic heterocycles. The van der Waals surface area contributed by atoms with E-state index < -0.39 is 6.10 Å². The van der Waals surface area contributed by atoms with E-state index in [0.29, 0.717) is 6.42 Å². The number of benzene rings is 2. The van der Waals surface area contributed by atoms with Crippen LogP contribution in [0.3, 0.4) is 0 Å². The van der Waals surface area contributed by atoms with Gasteiger partial charge in [-0.1, -0.05) is 43.3 Å². The zero-order valence-corrected chi connectivity index (χ0v) is 14.7. The van der Waals surface area contributed by atoms with Crippen LogP contribution in [0.15, 0.2) is 48.5 Å². The predicted octanol–water partition coefficient (Wildman–Crippen LogP) is 4.04. The molecule has 1 N–H and O–H groups in total. The lowest BCUT2D eigenvalue weighted by atomic mass is 10.1. The first-order valence-corrected chi connectivity index (χ1v) is 8.22. The lowest BCUT2D eigenvalue weighted by Crippen LogP contribution is -2.39. The summed E-state index contributed by atoms with van der Waals surface area (Å²) < 4.78 is 11.3. The molecule has 0 unspecified atom stereocenters. The molecule has 0 heterocycles. The van der Waals surface area contributed by atoms with Crippen molar-refractivity contribution in [1.82, 2.24) is 5.32 Å². The minimum Gasteiger partial charge on any atom is -0.496 e. The summed E-state index contributed by atoms with van der Waals surface area (Å²) in [7, 11) is 1.63. The molecule has 0 saturated heterocycles. The van der Waals surface area contributed by atoms with Crippen LogP contribution < -0.4 is 14.8 Å². The highest BCUT2D eigenvalue weighted by Gasteiger charge is 2.22. The largest absolute Gasteiger partial charge is 0.496 e. The fourth-order valence-electron chi connectivity index (χ4n) is 2.57. The van der Waals surface area contributed by atoms with Gasteiger partial charge in [-0.25, -0.2) is 0 Å². The van der Waals surface area contributed by atoms with E-state index in [1.165, 1.54) is 0 Å². The van der Waals surface area contributed by atoms with Crippen LogP contribution in [0.5, 0.6) is 11.5 Å². The second-order valence-electron chi connectivity index (χ2n) is 5.75. The van der Waals surface area contributed by atoms with Gasteiger partial charge in [-0.2, -0.15) is 0 Å². The van der Waals surface area contributed by atoms with Crippen molar-refractivity contribution in [2.45, 2.75) is 39.3 Å². The molecule has 0 spiro atoms. The number of nitrogens with one attached hydrogen (secondary N) is 1. The van der Waals surface area contributed by atoms with Crippen LogP contribution in [-0.4, -0.2) is 19.1 Å². The molecule has 2 aromatic rings. The number of aryl methyl sites for hydroxylation is 1. The van der Waals surface area contributed by atoms with Crippen LogP contribution in [0, 0.1) is 6.92 Å². The van der Waals surface area contributed by atoms with Crippen molar-refractivity contribution in [3.8, 4) is 11.5 Å². The maximum Gasteiger partial charge on any atom is 0.261 e. The first-order chi connectivity index (χ1) is 11.6. The number of hydrogen-bond donors (Lipinski definition) is 1. The van der Waals surface area contributed by atoms with E-state index in [1.54, 1.807) is 7.11 Å². The Kier molecular flexibility index (Phi) is 6.24. The molecule has 2 rings (SSSR count). The number of carbonyl (C=O) groups excluding carboxylic acids is 1. The molecular weight excluding hydrogens is 302 g/mol. The van der Waals surface area contributed by atoms with E-state index in [4.69, 9.17) is 9.47 Å². The Morgan fingerprint density at radius 1 is 1.08 bits per heavy atom. The Labute approximate surface area is 143 Å². The second-order valence-corrected chi connectivity index (χ2v) is 5.75. The SMILES string of the molecule is CC[C@@H](Oc1ccccc1C)C(=O)N[C@@H](C)c1ccccc1OC. The van der Waals surface area contributed by atoms with Crippen LogP contribution in [-0.2, 0) is 4.79 Å². The van der Waals surface area contributed by atoms with Crippen molar-refractivity contribution in [3.05, 3.63) is 59.7 Å². The van der Waals surface area contributed by atoms with Crippen LogP contribution >= 0.6 is 0 Å². The highest BCUT2D eigenvalue weighted by Crippen LogP contribution is 2.25. The Morgan fingerprint density at radius 2 is 1.71 bits per heavy atom. The van der Waals surface area contributed by atoms with Crippen LogP contribution in [0.4, 0.5) is 0 Å². The zero-order chi connectivity index (χ0) is 17.5. The van der Waals surface area contributed by atoms with Gasteiger partial charge in [-0.3, -0.25) is 4.79 Å². The van der Waals surface area contributed by atoms with Crippen LogP contribution in [0.1, 0.15) is 37.4 Å². The second kappa shape index (κ2) is 8.39. The minimum atomic E-state index is -0.525. The summed E-state index contributed by atoms with van der Waals surface area (Å²) in [4.78, 5) is 12.6. The van der Waals surface area contributed by atoms with E-state index in [-0.39, 0.29) is 11.9 Å². The molecule has 0 aliphatic rings. The van der Waals surface area contributed by atoms with Gasteiger partial charge in [-0.05, 0) is 38.0 Å². The summed E-state index contributed by atoms with van der Waals surface area (Å²) in [6.07, 6.45) is 0.0713. The average molecular weight is 327 g/mol. The predicted molar refractivity (Wildman–Crippen MR) is 95.4 cm³/mol. The Morgan fingerprint density at radius 3 is 2.33 bits per heavy atom. The Hall–Kier alpha value is -2.49. The van der Waals surface area contributed by atoms with E-state index in [9.17, 15) is 4.79 Å². The molecule has 0 bridgehead atoms. The van der Waals surface area contributed by atoms with Crippen molar-refractivity contribution < 1.29 is 14.3 Å². The third kappa shape index (κ3) is 4.28. The lowest BCUT2D eigenvalue weighted by Gasteiger charge is -2.22. The minimum absolute atomic E-state index is 0.126. The molecule has 128 valence electrons. The summed E-state index contributed by atoms with van der Waals surface area (Å²) in [5.41, 5.74) is 1.96. The van der Waals surface area contributed by atoms with Crippen molar-refractivity contribution in [1.29, 1.82) is 0 Å². The highest BCUT2D eigenvalue weighted by atomic mass is 16.5. The Balaban J connectivity index is 2.07. The first-order valence-electron chi connectivity index (χ1n) is 8.22. The van der Waals surface area contributed by atoms with Gasteiger partial charge in [0, 0.05) is 5.56 Å². The van der Waals surface area contributed by atoms with E-state index in [1.807, 2.05) is 69.3 Å². The molecule has 4 heteroatoms. The molecule has 0 radical (unpaired) electrons. The van der Waals surface area contributed by atoms with Gasteiger partial charge in [-0.15, -0.1) is 0 Å². The number of para-hydroxylation sites is 2. The van der Waals surface area contributed by atoms with Gasteiger partial charge in [0.1, 0.15) is 11.5 Å². The van der Waals surface area contributed by atoms with Crippen molar-refractivity contribution in [3.63, 3.8) is 0 Å². The Bertz CT molecular complexity index is 684. The van der Waals surface area contributed by atoms with E-state index in [2.05, 4.69) is 5.32 Å². The van der Waals surface area contributed by atoms with Crippen molar-refractivity contribution in [2.75, 3.05) is 7.11 Å². The fourth-order valence-corrected chi connectivity index (χ4v) is 2.57. The molecular formula is C20H25NO3. The number of hydrogen-bond acceptors (Lipinski definition) is 3. The van der Waals surface area contributed by atoms with Gasteiger partial charge in [0.2, 0.25) is 0 Å². The number of methoxy groups -OCH3 is 1. The molecule has 4 nitrogen and oxygen atoms in total. The molecule has 2 atom stereocenters. The number of carbonyl (C=O) groups is 1. The van der Waals surface area contributed by atoms with Gasteiger partial charge in [0.05, 0.1) is 13.2 Å². The molecule has 24 heavy (non-hydrogen) atoms.